The highest BCUT2D eigenvalue weighted by molar-refractivity contribution is 7.16. The fourth-order valence-electron chi connectivity index (χ4n) is 2.83. The third-order valence-corrected chi connectivity index (χ3v) is 5.09. The monoisotopic (exact) mass is 305 g/mol. The van der Waals surface area contributed by atoms with Gasteiger partial charge in [-0.3, -0.25) is 4.79 Å². The van der Waals surface area contributed by atoms with E-state index >= 15 is 0 Å². The Labute approximate surface area is 130 Å². The van der Waals surface area contributed by atoms with E-state index in [2.05, 4.69) is 23.6 Å². The van der Waals surface area contributed by atoms with Gasteiger partial charge < -0.3 is 10.6 Å². The van der Waals surface area contributed by atoms with E-state index < -0.39 is 0 Å². The van der Waals surface area contributed by atoms with Crippen molar-refractivity contribution in [3.05, 3.63) is 16.0 Å². The van der Waals surface area contributed by atoms with E-state index in [1.54, 1.807) is 11.3 Å². The van der Waals surface area contributed by atoms with Crippen molar-refractivity contribution in [3.63, 3.8) is 0 Å². The standard InChI is InChI=1S/C16H23N3OS/c1-4-18-11(3)8-15(20)19-16-13(9-17)12-6-5-10(2)7-14(12)21-16/h10-11,18H,4-8H2,1-3H3,(H,19,20). The second kappa shape index (κ2) is 7.06. The van der Waals surface area contributed by atoms with Crippen LogP contribution in [0.3, 0.4) is 0 Å². The lowest BCUT2D eigenvalue weighted by Gasteiger charge is -2.17. The topological polar surface area (TPSA) is 64.9 Å². The number of rotatable bonds is 5. The Balaban J connectivity index is 2.10. The lowest BCUT2D eigenvalue weighted by atomic mass is 9.88. The van der Waals surface area contributed by atoms with Gasteiger partial charge in [0.15, 0.2) is 0 Å². The molecule has 0 spiro atoms. The first-order valence-corrected chi connectivity index (χ1v) is 8.44. The summed E-state index contributed by atoms with van der Waals surface area (Å²) in [5.41, 5.74) is 1.85. The molecular weight excluding hydrogens is 282 g/mol. The summed E-state index contributed by atoms with van der Waals surface area (Å²) in [5, 5.41) is 16.3. The van der Waals surface area contributed by atoms with Crippen molar-refractivity contribution in [1.82, 2.24) is 5.32 Å². The number of anilines is 1. The Hall–Kier alpha value is -1.38. The quantitative estimate of drug-likeness (QED) is 0.878. The van der Waals surface area contributed by atoms with Gasteiger partial charge in [-0.25, -0.2) is 0 Å². The first-order chi connectivity index (χ1) is 10.0. The summed E-state index contributed by atoms with van der Waals surface area (Å²) in [6.45, 7) is 7.11. The van der Waals surface area contributed by atoms with E-state index in [0.29, 0.717) is 17.9 Å². The van der Waals surface area contributed by atoms with E-state index in [-0.39, 0.29) is 11.9 Å². The molecule has 1 aliphatic carbocycles. The van der Waals surface area contributed by atoms with Crippen LogP contribution in [0.1, 0.15) is 49.6 Å². The van der Waals surface area contributed by atoms with Crippen LogP contribution in [-0.2, 0) is 17.6 Å². The van der Waals surface area contributed by atoms with Crippen LogP contribution in [-0.4, -0.2) is 18.5 Å². The lowest BCUT2D eigenvalue weighted by molar-refractivity contribution is -0.116. The third-order valence-electron chi connectivity index (χ3n) is 3.92. The number of carbonyl (C=O) groups excluding carboxylic acids is 1. The van der Waals surface area contributed by atoms with Crippen LogP contribution in [0, 0.1) is 17.2 Å². The molecule has 0 fully saturated rings. The second-order valence-electron chi connectivity index (χ2n) is 5.88. The van der Waals surface area contributed by atoms with Crippen molar-refractivity contribution < 1.29 is 4.79 Å². The van der Waals surface area contributed by atoms with Gasteiger partial charge in [-0.2, -0.15) is 5.26 Å². The molecule has 0 aromatic carbocycles. The molecule has 1 heterocycles. The molecule has 2 unspecified atom stereocenters. The summed E-state index contributed by atoms with van der Waals surface area (Å²) in [6, 6.07) is 2.43. The zero-order valence-corrected chi connectivity index (χ0v) is 13.8. The molecule has 1 aromatic heterocycles. The van der Waals surface area contributed by atoms with E-state index in [1.165, 1.54) is 4.88 Å². The summed E-state index contributed by atoms with van der Waals surface area (Å²) in [6.07, 6.45) is 3.54. The highest BCUT2D eigenvalue weighted by Crippen LogP contribution is 2.39. The van der Waals surface area contributed by atoms with Crippen molar-refractivity contribution >= 4 is 22.2 Å². The predicted molar refractivity (Wildman–Crippen MR) is 86.6 cm³/mol. The van der Waals surface area contributed by atoms with Crippen LogP contribution in [0.15, 0.2) is 0 Å². The molecule has 1 aromatic rings. The molecule has 5 heteroatoms. The van der Waals surface area contributed by atoms with Crippen molar-refractivity contribution in [3.8, 4) is 6.07 Å². The fraction of sp³-hybridized carbons (Fsp3) is 0.625. The first-order valence-electron chi connectivity index (χ1n) is 7.63. The molecule has 0 aliphatic heterocycles. The largest absolute Gasteiger partial charge is 0.317 e. The SMILES string of the molecule is CCNC(C)CC(=O)Nc1sc2c(c1C#N)CCC(C)C2. The third kappa shape index (κ3) is 3.84. The number of hydrogen-bond acceptors (Lipinski definition) is 4. The minimum absolute atomic E-state index is 0.0217. The summed E-state index contributed by atoms with van der Waals surface area (Å²) in [5.74, 6) is 0.645. The van der Waals surface area contributed by atoms with E-state index in [0.717, 1.165) is 36.4 Å². The molecular formula is C16H23N3OS. The smallest absolute Gasteiger partial charge is 0.226 e. The number of carbonyl (C=O) groups is 1. The van der Waals surface area contributed by atoms with Crippen molar-refractivity contribution in [2.45, 2.75) is 52.5 Å². The van der Waals surface area contributed by atoms with E-state index in [4.69, 9.17) is 0 Å². The lowest BCUT2D eigenvalue weighted by Crippen LogP contribution is -2.30. The average molecular weight is 305 g/mol. The van der Waals surface area contributed by atoms with Gasteiger partial charge in [0, 0.05) is 17.3 Å². The Morgan fingerprint density at radius 2 is 2.33 bits per heavy atom. The van der Waals surface area contributed by atoms with Crippen LogP contribution in [0.2, 0.25) is 0 Å². The molecule has 4 nitrogen and oxygen atoms in total. The molecule has 1 amide bonds. The Bertz CT molecular complexity index is 559. The van der Waals surface area contributed by atoms with Gasteiger partial charge in [0.05, 0.1) is 5.56 Å². The highest BCUT2D eigenvalue weighted by atomic mass is 32.1. The fourth-order valence-corrected chi connectivity index (χ4v) is 4.21. The van der Waals surface area contributed by atoms with Gasteiger partial charge in [0.1, 0.15) is 11.1 Å². The first kappa shape index (κ1) is 16.0. The summed E-state index contributed by atoms with van der Waals surface area (Å²) < 4.78 is 0. The summed E-state index contributed by atoms with van der Waals surface area (Å²) in [4.78, 5) is 13.4. The van der Waals surface area contributed by atoms with Gasteiger partial charge in [0.25, 0.3) is 0 Å². The van der Waals surface area contributed by atoms with Gasteiger partial charge in [0.2, 0.25) is 5.91 Å². The zero-order chi connectivity index (χ0) is 15.4. The van der Waals surface area contributed by atoms with Gasteiger partial charge in [-0.05, 0) is 44.2 Å². The van der Waals surface area contributed by atoms with Crippen molar-refractivity contribution in [2.75, 3.05) is 11.9 Å². The minimum atomic E-state index is -0.0217. The second-order valence-corrected chi connectivity index (χ2v) is 6.98. The Morgan fingerprint density at radius 1 is 1.57 bits per heavy atom. The van der Waals surface area contributed by atoms with Crippen LogP contribution in [0.25, 0.3) is 0 Å². The highest BCUT2D eigenvalue weighted by Gasteiger charge is 2.24. The zero-order valence-electron chi connectivity index (χ0n) is 13.0. The molecule has 0 saturated carbocycles. The molecule has 2 rings (SSSR count). The molecule has 0 radical (unpaired) electrons. The number of nitrogens with zero attached hydrogens (tertiary/aromatic N) is 1. The Morgan fingerprint density at radius 3 is 3.00 bits per heavy atom. The van der Waals surface area contributed by atoms with Gasteiger partial charge in [-0.15, -0.1) is 11.3 Å². The van der Waals surface area contributed by atoms with Crippen molar-refractivity contribution in [2.24, 2.45) is 5.92 Å². The molecule has 2 atom stereocenters. The van der Waals surface area contributed by atoms with E-state index in [9.17, 15) is 10.1 Å². The molecule has 0 bridgehead atoms. The molecule has 2 N–H and O–H groups in total. The van der Waals surface area contributed by atoms with Crippen LogP contribution in [0.4, 0.5) is 5.00 Å². The molecule has 1 aliphatic rings. The molecule has 0 saturated heterocycles. The van der Waals surface area contributed by atoms with E-state index in [1.807, 2.05) is 13.8 Å². The normalized spacial score (nSPS) is 18.7. The number of nitrogens with one attached hydrogen (secondary N) is 2. The maximum absolute atomic E-state index is 12.1. The summed E-state index contributed by atoms with van der Waals surface area (Å²) in [7, 11) is 0. The Kier molecular flexibility index (Phi) is 5.38. The average Bonchev–Trinajstić information content (AvgIpc) is 2.74. The van der Waals surface area contributed by atoms with Crippen molar-refractivity contribution in [1.29, 1.82) is 5.26 Å². The predicted octanol–water partition coefficient (Wildman–Crippen LogP) is 3.07. The molecule has 21 heavy (non-hydrogen) atoms. The number of nitriles is 1. The maximum atomic E-state index is 12.1. The number of fused-ring (bicyclic) bond motifs is 1. The summed E-state index contributed by atoms with van der Waals surface area (Å²) >= 11 is 1.58. The van der Waals surface area contributed by atoms with Crippen LogP contribution in [0.5, 0.6) is 0 Å². The number of amides is 1. The maximum Gasteiger partial charge on any atom is 0.226 e. The minimum Gasteiger partial charge on any atom is -0.317 e. The van der Waals surface area contributed by atoms with Crippen LogP contribution >= 0.6 is 11.3 Å². The van der Waals surface area contributed by atoms with Gasteiger partial charge >= 0.3 is 0 Å². The van der Waals surface area contributed by atoms with Crippen LogP contribution < -0.4 is 10.6 Å². The number of thiophene rings is 1. The molecule has 114 valence electrons. The number of hydrogen-bond donors (Lipinski definition) is 2. The van der Waals surface area contributed by atoms with Gasteiger partial charge in [-0.1, -0.05) is 13.8 Å².